The molecule has 0 spiro atoms. The van der Waals surface area contributed by atoms with Crippen molar-refractivity contribution in [1.29, 1.82) is 0 Å². The summed E-state index contributed by atoms with van der Waals surface area (Å²) in [6, 6.07) is 18.7. The molecule has 6 nitrogen and oxygen atoms in total. The molecule has 5 rings (SSSR count). The van der Waals surface area contributed by atoms with Crippen molar-refractivity contribution in [3.63, 3.8) is 0 Å². The van der Waals surface area contributed by atoms with Crippen molar-refractivity contribution in [1.82, 2.24) is 10.1 Å². The van der Waals surface area contributed by atoms with Crippen molar-refractivity contribution in [2.75, 3.05) is 23.3 Å². The van der Waals surface area contributed by atoms with E-state index in [1.165, 1.54) is 11.3 Å². The summed E-state index contributed by atoms with van der Waals surface area (Å²) in [7, 11) is 0. The van der Waals surface area contributed by atoms with Crippen LogP contribution in [0.4, 0.5) is 11.4 Å². The molecule has 0 radical (unpaired) electrons. The Morgan fingerprint density at radius 2 is 1.88 bits per heavy atom. The summed E-state index contributed by atoms with van der Waals surface area (Å²) >= 11 is 0. The first-order valence-corrected chi connectivity index (χ1v) is 10.9. The first kappa shape index (κ1) is 22.8. The van der Waals surface area contributed by atoms with Gasteiger partial charge in [0.25, 0.3) is 5.91 Å². The SMILES string of the molecule is Cc1cc(N2CCC(c3ccccc3)C2)c2cc(NC(=O)c3c(C)noc3C)ccc2n1.Cl. The second kappa shape index (κ2) is 9.24. The molecule has 0 aliphatic carbocycles. The van der Waals surface area contributed by atoms with Crippen LogP contribution >= 0.6 is 12.4 Å². The summed E-state index contributed by atoms with van der Waals surface area (Å²) in [5.41, 5.74) is 6.27. The van der Waals surface area contributed by atoms with Gasteiger partial charge in [0, 0.05) is 41.5 Å². The Hall–Kier alpha value is -3.38. The molecule has 4 aromatic rings. The lowest BCUT2D eigenvalue weighted by atomic mass is 9.99. The Labute approximate surface area is 199 Å². The summed E-state index contributed by atoms with van der Waals surface area (Å²) in [5.74, 6) is 0.817. The van der Waals surface area contributed by atoms with Crippen molar-refractivity contribution in [2.24, 2.45) is 0 Å². The fraction of sp³-hybridized carbons (Fsp3) is 0.269. The van der Waals surface area contributed by atoms with E-state index in [9.17, 15) is 4.79 Å². The van der Waals surface area contributed by atoms with Gasteiger partial charge in [0.15, 0.2) is 0 Å². The summed E-state index contributed by atoms with van der Waals surface area (Å²) in [4.78, 5) is 20.0. The predicted octanol–water partition coefficient (Wildman–Crippen LogP) is 5.82. The number of fused-ring (bicyclic) bond motifs is 1. The highest BCUT2D eigenvalue weighted by atomic mass is 35.5. The second-order valence-corrected chi connectivity index (χ2v) is 8.51. The molecule has 33 heavy (non-hydrogen) atoms. The van der Waals surface area contributed by atoms with E-state index in [1.807, 2.05) is 25.1 Å². The summed E-state index contributed by atoms with van der Waals surface area (Å²) in [6.07, 6.45) is 1.12. The third kappa shape index (κ3) is 4.44. The minimum absolute atomic E-state index is 0. The van der Waals surface area contributed by atoms with Crippen LogP contribution in [0.5, 0.6) is 0 Å². The van der Waals surface area contributed by atoms with Crippen LogP contribution in [-0.4, -0.2) is 29.1 Å². The summed E-state index contributed by atoms with van der Waals surface area (Å²) < 4.78 is 5.14. The van der Waals surface area contributed by atoms with Gasteiger partial charge in [0.1, 0.15) is 11.3 Å². The van der Waals surface area contributed by atoms with Gasteiger partial charge in [-0.05, 0) is 57.0 Å². The number of nitrogens with zero attached hydrogens (tertiary/aromatic N) is 3. The van der Waals surface area contributed by atoms with E-state index in [0.29, 0.717) is 22.9 Å². The molecule has 0 bridgehead atoms. The van der Waals surface area contributed by atoms with Gasteiger partial charge < -0.3 is 14.7 Å². The van der Waals surface area contributed by atoms with Gasteiger partial charge in [-0.15, -0.1) is 12.4 Å². The molecule has 1 atom stereocenters. The van der Waals surface area contributed by atoms with E-state index in [2.05, 4.69) is 51.8 Å². The monoisotopic (exact) mass is 462 g/mol. The molecule has 1 unspecified atom stereocenters. The van der Waals surface area contributed by atoms with Gasteiger partial charge in [0.05, 0.1) is 11.2 Å². The van der Waals surface area contributed by atoms with Crippen molar-refractivity contribution in [3.05, 3.63) is 82.9 Å². The molecule has 1 N–H and O–H groups in total. The number of rotatable bonds is 4. The van der Waals surface area contributed by atoms with Gasteiger partial charge in [-0.25, -0.2) is 0 Å². The zero-order chi connectivity index (χ0) is 22.2. The zero-order valence-corrected chi connectivity index (χ0v) is 19.8. The molecule has 170 valence electrons. The van der Waals surface area contributed by atoms with E-state index >= 15 is 0 Å². The van der Waals surface area contributed by atoms with E-state index < -0.39 is 0 Å². The predicted molar refractivity (Wildman–Crippen MR) is 134 cm³/mol. The number of halogens is 1. The quantitative estimate of drug-likeness (QED) is 0.414. The van der Waals surface area contributed by atoms with Crippen LogP contribution < -0.4 is 10.2 Å². The minimum Gasteiger partial charge on any atom is -0.370 e. The molecule has 1 aliphatic heterocycles. The maximum atomic E-state index is 12.8. The number of hydrogen-bond acceptors (Lipinski definition) is 5. The van der Waals surface area contributed by atoms with Crippen molar-refractivity contribution < 1.29 is 9.32 Å². The minimum atomic E-state index is -0.215. The van der Waals surface area contributed by atoms with Crippen molar-refractivity contribution in [2.45, 2.75) is 33.1 Å². The molecule has 1 fully saturated rings. The fourth-order valence-electron chi connectivity index (χ4n) is 4.65. The molecular formula is C26H27ClN4O2. The normalized spacial score (nSPS) is 15.5. The summed E-state index contributed by atoms with van der Waals surface area (Å²) in [5, 5.41) is 7.93. The smallest absolute Gasteiger partial charge is 0.261 e. The number of pyridine rings is 1. The van der Waals surface area contributed by atoms with Crippen LogP contribution in [0.15, 0.2) is 59.1 Å². The highest BCUT2D eigenvalue weighted by molar-refractivity contribution is 6.07. The Bertz CT molecular complexity index is 1280. The van der Waals surface area contributed by atoms with E-state index in [1.54, 1.807) is 13.8 Å². The van der Waals surface area contributed by atoms with Crippen molar-refractivity contribution >= 4 is 40.6 Å². The van der Waals surface area contributed by atoms with Gasteiger partial charge in [-0.2, -0.15) is 0 Å². The summed E-state index contributed by atoms with van der Waals surface area (Å²) in [6.45, 7) is 7.51. The standard InChI is InChI=1S/C26H26N4O2.ClH/c1-16-13-24(30-12-11-20(15-30)19-7-5-4-6-8-19)22-14-21(9-10-23(22)27-16)28-26(31)25-17(2)29-32-18(25)3;/h4-10,13-14,20H,11-12,15H2,1-3H3,(H,28,31);1H. The molecule has 2 aromatic heterocycles. The fourth-order valence-corrected chi connectivity index (χ4v) is 4.65. The molecule has 7 heteroatoms. The lowest BCUT2D eigenvalue weighted by Gasteiger charge is -2.22. The average Bonchev–Trinajstić information content (AvgIpc) is 3.41. The molecule has 2 aromatic carbocycles. The Kier molecular flexibility index (Phi) is 6.38. The van der Waals surface area contributed by atoms with Crippen LogP contribution in [-0.2, 0) is 0 Å². The van der Waals surface area contributed by atoms with Crippen LogP contribution in [0.1, 0.15) is 45.4 Å². The van der Waals surface area contributed by atoms with E-state index in [0.717, 1.165) is 41.8 Å². The van der Waals surface area contributed by atoms with E-state index in [4.69, 9.17) is 9.51 Å². The number of aryl methyl sites for hydroxylation is 3. The maximum absolute atomic E-state index is 12.8. The third-order valence-corrected chi connectivity index (χ3v) is 6.23. The first-order chi connectivity index (χ1) is 15.5. The zero-order valence-electron chi connectivity index (χ0n) is 19.0. The lowest BCUT2D eigenvalue weighted by molar-refractivity contribution is 0.102. The molecule has 1 aliphatic rings. The number of carbonyl (C=O) groups excluding carboxylic acids is 1. The van der Waals surface area contributed by atoms with Crippen LogP contribution in [0.2, 0.25) is 0 Å². The largest absolute Gasteiger partial charge is 0.370 e. The first-order valence-electron chi connectivity index (χ1n) is 10.9. The highest BCUT2D eigenvalue weighted by Crippen LogP contribution is 2.35. The topological polar surface area (TPSA) is 71.3 Å². The Morgan fingerprint density at radius 1 is 1.09 bits per heavy atom. The van der Waals surface area contributed by atoms with Crippen molar-refractivity contribution in [3.8, 4) is 0 Å². The molecule has 3 heterocycles. The number of hydrogen-bond donors (Lipinski definition) is 1. The number of anilines is 2. The van der Waals surface area contributed by atoms with Gasteiger partial charge in [-0.1, -0.05) is 35.5 Å². The third-order valence-electron chi connectivity index (χ3n) is 6.23. The molecule has 0 saturated carbocycles. The number of amides is 1. The molecular weight excluding hydrogens is 436 g/mol. The molecule has 1 saturated heterocycles. The lowest BCUT2D eigenvalue weighted by Crippen LogP contribution is -2.20. The van der Waals surface area contributed by atoms with Gasteiger partial charge >= 0.3 is 0 Å². The van der Waals surface area contributed by atoms with Crippen LogP contribution in [0, 0.1) is 20.8 Å². The Balaban J connectivity index is 0.00000259. The Morgan fingerprint density at radius 3 is 2.61 bits per heavy atom. The van der Waals surface area contributed by atoms with Gasteiger partial charge in [-0.3, -0.25) is 9.78 Å². The second-order valence-electron chi connectivity index (χ2n) is 8.51. The maximum Gasteiger partial charge on any atom is 0.261 e. The number of aromatic nitrogens is 2. The number of carbonyl (C=O) groups is 1. The van der Waals surface area contributed by atoms with Gasteiger partial charge in [0.2, 0.25) is 0 Å². The van der Waals surface area contributed by atoms with Crippen LogP contribution in [0.25, 0.3) is 10.9 Å². The molecule has 1 amide bonds. The van der Waals surface area contributed by atoms with E-state index in [-0.39, 0.29) is 18.3 Å². The average molecular weight is 463 g/mol. The number of benzene rings is 2. The van der Waals surface area contributed by atoms with Crippen LogP contribution in [0.3, 0.4) is 0 Å². The number of nitrogens with one attached hydrogen (secondary N) is 1. The highest BCUT2D eigenvalue weighted by Gasteiger charge is 2.26.